The van der Waals surface area contributed by atoms with Crippen LogP contribution in [0, 0.1) is 0 Å². The summed E-state index contributed by atoms with van der Waals surface area (Å²) in [5, 5.41) is 29.2. The lowest BCUT2D eigenvalue weighted by Crippen LogP contribution is -2.51. The van der Waals surface area contributed by atoms with Crippen molar-refractivity contribution in [2.24, 2.45) is 0 Å². The molecule has 0 aliphatic carbocycles. The Hall–Kier alpha value is -1.51. The minimum atomic E-state index is -1.62. The summed E-state index contributed by atoms with van der Waals surface area (Å²) in [5.74, 6) is -0.925. The van der Waals surface area contributed by atoms with Gasteiger partial charge in [-0.2, -0.15) is 0 Å². The van der Waals surface area contributed by atoms with Gasteiger partial charge in [0.05, 0.1) is 6.61 Å². The van der Waals surface area contributed by atoms with Gasteiger partial charge in [0.1, 0.15) is 18.3 Å². The topological polar surface area (TPSA) is 105 Å². The number of rotatable bonds is 2. The first-order chi connectivity index (χ1) is 10.1. The fourth-order valence-corrected chi connectivity index (χ4v) is 2.49. The quantitative estimate of drug-likeness (QED) is 0.608. The van der Waals surface area contributed by atoms with E-state index in [1.54, 1.807) is 12.1 Å². The number of aliphatic hydroxyl groups is 3. The van der Waals surface area contributed by atoms with Gasteiger partial charge in [0.25, 0.3) is 0 Å². The van der Waals surface area contributed by atoms with E-state index in [9.17, 15) is 20.1 Å². The average molecular weight is 296 g/mol. The number of benzene rings is 1. The Morgan fingerprint density at radius 2 is 1.76 bits per heavy atom. The van der Waals surface area contributed by atoms with Crippen molar-refractivity contribution in [1.82, 2.24) is 0 Å². The van der Waals surface area contributed by atoms with Gasteiger partial charge in [-0.1, -0.05) is 30.3 Å². The molecule has 0 amide bonds. The number of hydrogen-bond acceptors (Lipinski definition) is 7. The third kappa shape index (κ3) is 2.66. The molecule has 2 aliphatic heterocycles. The fraction of sp³-hybridized carbons (Fsp3) is 0.500. The van der Waals surface area contributed by atoms with E-state index in [4.69, 9.17) is 14.2 Å². The maximum atomic E-state index is 11.3. The second-order valence-corrected chi connectivity index (χ2v) is 5.08. The van der Waals surface area contributed by atoms with Crippen LogP contribution in [0.4, 0.5) is 0 Å². The standard InChI is InChI=1S/C14H16O7/c15-8-6-19-14(7-4-2-1-3-5-7)21-11(8)12-9(16)10(17)13(18)20-12/h1-5,8-12,14-17H,6H2/t8-,9+,10+,11-,12-,14-/m1/s1. The second kappa shape index (κ2) is 5.70. The van der Waals surface area contributed by atoms with Gasteiger partial charge in [0, 0.05) is 5.56 Å². The number of carbonyl (C=O) groups excluding carboxylic acids is 1. The monoisotopic (exact) mass is 296 g/mol. The van der Waals surface area contributed by atoms with Crippen LogP contribution < -0.4 is 0 Å². The molecule has 3 rings (SSSR count). The second-order valence-electron chi connectivity index (χ2n) is 5.08. The van der Waals surface area contributed by atoms with Crippen LogP contribution in [0.1, 0.15) is 11.9 Å². The van der Waals surface area contributed by atoms with Gasteiger partial charge in [-0.15, -0.1) is 0 Å². The number of ether oxygens (including phenoxy) is 3. The fourth-order valence-electron chi connectivity index (χ4n) is 2.49. The Labute approximate surface area is 120 Å². The molecule has 7 heteroatoms. The van der Waals surface area contributed by atoms with Crippen molar-refractivity contribution in [3.05, 3.63) is 35.9 Å². The van der Waals surface area contributed by atoms with E-state index in [0.29, 0.717) is 0 Å². The summed E-state index contributed by atoms with van der Waals surface area (Å²) < 4.78 is 15.9. The van der Waals surface area contributed by atoms with E-state index in [-0.39, 0.29) is 6.61 Å². The van der Waals surface area contributed by atoms with Crippen molar-refractivity contribution >= 4 is 5.97 Å². The van der Waals surface area contributed by atoms with Crippen molar-refractivity contribution < 1.29 is 34.3 Å². The van der Waals surface area contributed by atoms with Crippen LogP contribution in [0.3, 0.4) is 0 Å². The summed E-state index contributed by atoms with van der Waals surface area (Å²) in [6, 6.07) is 9.07. The van der Waals surface area contributed by atoms with E-state index in [2.05, 4.69) is 0 Å². The summed E-state index contributed by atoms with van der Waals surface area (Å²) >= 11 is 0. The van der Waals surface area contributed by atoms with Gasteiger partial charge in [-0.3, -0.25) is 0 Å². The predicted octanol–water partition coefficient (Wildman–Crippen LogP) is -0.891. The molecule has 2 saturated heterocycles. The number of carbonyl (C=O) groups is 1. The molecular formula is C14H16O7. The van der Waals surface area contributed by atoms with E-state index >= 15 is 0 Å². The summed E-state index contributed by atoms with van der Waals surface area (Å²) in [7, 11) is 0. The van der Waals surface area contributed by atoms with Gasteiger partial charge in [0.15, 0.2) is 18.5 Å². The maximum Gasteiger partial charge on any atom is 0.338 e. The molecule has 0 radical (unpaired) electrons. The van der Waals surface area contributed by atoms with Crippen LogP contribution in [-0.2, 0) is 19.0 Å². The van der Waals surface area contributed by atoms with Gasteiger partial charge in [0.2, 0.25) is 0 Å². The van der Waals surface area contributed by atoms with E-state index < -0.39 is 42.8 Å². The Kier molecular flexibility index (Phi) is 3.92. The molecule has 21 heavy (non-hydrogen) atoms. The van der Waals surface area contributed by atoms with Crippen molar-refractivity contribution in [3.63, 3.8) is 0 Å². The highest BCUT2D eigenvalue weighted by molar-refractivity contribution is 5.77. The molecule has 114 valence electrons. The van der Waals surface area contributed by atoms with E-state index in [1.807, 2.05) is 18.2 Å². The van der Waals surface area contributed by atoms with E-state index in [0.717, 1.165) is 5.56 Å². The highest BCUT2D eigenvalue weighted by Crippen LogP contribution is 2.32. The summed E-state index contributed by atoms with van der Waals surface area (Å²) in [6.07, 6.45) is -6.96. The van der Waals surface area contributed by atoms with Crippen LogP contribution >= 0.6 is 0 Å². The molecule has 2 aliphatic rings. The molecule has 3 N–H and O–H groups in total. The molecule has 6 atom stereocenters. The number of cyclic esters (lactones) is 1. The van der Waals surface area contributed by atoms with Crippen LogP contribution in [0.25, 0.3) is 0 Å². The summed E-state index contributed by atoms with van der Waals surface area (Å²) in [5.41, 5.74) is 0.744. The Morgan fingerprint density at radius 1 is 1.05 bits per heavy atom. The Morgan fingerprint density at radius 3 is 2.38 bits per heavy atom. The SMILES string of the molecule is O=C1O[C@@H]([C@@H]2O[C@H](c3ccccc3)OC[C@H]2O)[C@@H](O)[C@@H]1O. The van der Waals surface area contributed by atoms with Gasteiger partial charge in [-0.25, -0.2) is 4.79 Å². The lowest BCUT2D eigenvalue weighted by molar-refractivity contribution is -0.280. The van der Waals surface area contributed by atoms with Gasteiger partial charge in [-0.05, 0) is 0 Å². The van der Waals surface area contributed by atoms with Crippen molar-refractivity contribution in [1.29, 1.82) is 0 Å². The molecule has 2 fully saturated rings. The molecule has 0 saturated carbocycles. The first kappa shape index (κ1) is 14.4. The lowest BCUT2D eigenvalue weighted by atomic mass is 10.0. The maximum absolute atomic E-state index is 11.3. The molecular weight excluding hydrogens is 280 g/mol. The van der Waals surface area contributed by atoms with Gasteiger partial charge >= 0.3 is 5.97 Å². The third-order valence-electron chi connectivity index (χ3n) is 3.63. The molecule has 0 unspecified atom stereocenters. The highest BCUT2D eigenvalue weighted by Gasteiger charge is 2.51. The normalized spacial score (nSPS) is 40.0. The number of hydrogen-bond donors (Lipinski definition) is 3. The lowest BCUT2D eigenvalue weighted by Gasteiger charge is -2.37. The summed E-state index contributed by atoms with van der Waals surface area (Å²) in [6.45, 7) is -0.0267. The highest BCUT2D eigenvalue weighted by atomic mass is 16.7. The zero-order valence-electron chi connectivity index (χ0n) is 11.0. The molecule has 0 spiro atoms. The molecule has 1 aromatic rings. The summed E-state index contributed by atoms with van der Waals surface area (Å²) in [4.78, 5) is 11.3. The van der Waals surface area contributed by atoms with Crippen molar-refractivity contribution in [2.75, 3.05) is 6.61 Å². The zero-order chi connectivity index (χ0) is 15.0. The minimum absolute atomic E-state index is 0.0267. The largest absolute Gasteiger partial charge is 0.455 e. The predicted molar refractivity (Wildman–Crippen MR) is 67.9 cm³/mol. The first-order valence-corrected chi connectivity index (χ1v) is 6.64. The van der Waals surface area contributed by atoms with Crippen LogP contribution in [0.5, 0.6) is 0 Å². The molecule has 0 aromatic heterocycles. The Balaban J connectivity index is 1.77. The zero-order valence-corrected chi connectivity index (χ0v) is 11.0. The van der Waals surface area contributed by atoms with Crippen molar-refractivity contribution in [2.45, 2.75) is 36.8 Å². The third-order valence-corrected chi connectivity index (χ3v) is 3.63. The molecule has 0 bridgehead atoms. The Bertz CT molecular complexity index is 505. The molecule has 7 nitrogen and oxygen atoms in total. The van der Waals surface area contributed by atoms with Crippen molar-refractivity contribution in [3.8, 4) is 0 Å². The van der Waals surface area contributed by atoms with Crippen LogP contribution in [-0.4, -0.2) is 58.4 Å². The minimum Gasteiger partial charge on any atom is -0.455 e. The van der Waals surface area contributed by atoms with E-state index in [1.165, 1.54) is 0 Å². The first-order valence-electron chi connectivity index (χ1n) is 6.64. The van der Waals surface area contributed by atoms with Crippen LogP contribution in [0.15, 0.2) is 30.3 Å². The van der Waals surface area contributed by atoms with Gasteiger partial charge < -0.3 is 29.5 Å². The molecule has 2 heterocycles. The van der Waals surface area contributed by atoms with Crippen LogP contribution in [0.2, 0.25) is 0 Å². The molecule has 1 aromatic carbocycles. The smallest absolute Gasteiger partial charge is 0.338 e. The number of esters is 1. The number of aliphatic hydroxyl groups excluding tert-OH is 3. The average Bonchev–Trinajstić information content (AvgIpc) is 2.76.